The van der Waals surface area contributed by atoms with Gasteiger partial charge < -0.3 is 15.0 Å². The second kappa shape index (κ2) is 10.3. The maximum Gasteiger partial charge on any atom is 0.253 e. The van der Waals surface area contributed by atoms with Crippen LogP contribution in [0.3, 0.4) is 0 Å². The molecule has 2 aromatic rings. The zero-order valence-corrected chi connectivity index (χ0v) is 17.5. The summed E-state index contributed by atoms with van der Waals surface area (Å²) in [5, 5.41) is 2.93. The van der Waals surface area contributed by atoms with Crippen molar-refractivity contribution in [3.05, 3.63) is 64.7 Å². The molecule has 0 atom stereocenters. The van der Waals surface area contributed by atoms with Crippen molar-refractivity contribution in [2.45, 2.75) is 32.1 Å². The number of hydrogen-bond donors (Lipinski definition) is 1. The quantitative estimate of drug-likeness (QED) is 0.707. The molecule has 0 saturated carbocycles. The van der Waals surface area contributed by atoms with Crippen molar-refractivity contribution in [3.8, 4) is 0 Å². The van der Waals surface area contributed by atoms with Crippen molar-refractivity contribution in [1.29, 1.82) is 0 Å². The molecule has 1 aromatic carbocycles. The average molecular weight is 413 g/mol. The third kappa shape index (κ3) is 5.42. The maximum absolute atomic E-state index is 13.4. The van der Waals surface area contributed by atoms with E-state index in [1.807, 2.05) is 19.1 Å². The van der Waals surface area contributed by atoms with E-state index in [0.29, 0.717) is 50.2 Å². The number of amides is 2. The first-order valence-electron chi connectivity index (χ1n) is 10.3. The summed E-state index contributed by atoms with van der Waals surface area (Å²) in [4.78, 5) is 31.8. The third-order valence-corrected chi connectivity index (χ3v) is 5.36. The molecular weight excluding hydrogens is 385 g/mol. The van der Waals surface area contributed by atoms with Crippen molar-refractivity contribution in [2.24, 2.45) is 0 Å². The lowest BCUT2D eigenvalue weighted by Crippen LogP contribution is -2.38. The number of hydrogen-bond acceptors (Lipinski definition) is 4. The van der Waals surface area contributed by atoms with Crippen LogP contribution in [0.2, 0.25) is 0 Å². The summed E-state index contributed by atoms with van der Waals surface area (Å²) >= 11 is 0. The molecule has 160 valence electrons. The number of nitrogens with zero attached hydrogens (tertiary/aromatic N) is 2. The molecule has 0 spiro atoms. The lowest BCUT2D eigenvalue weighted by molar-refractivity contribution is 0.0710. The van der Waals surface area contributed by atoms with E-state index in [-0.39, 0.29) is 17.7 Å². The van der Waals surface area contributed by atoms with Gasteiger partial charge in [0.2, 0.25) is 0 Å². The molecular formula is C23H28FN3O3. The standard InChI is InChI=1S/C23H28FN3O3/c1-16-7-8-20(22(28)25-11-4-14-30-2)21(26-16)17-9-12-27(13-10-17)23(29)18-5-3-6-19(24)15-18/h3,5-8,15,17H,4,9-14H2,1-2H3,(H,25,28). The van der Waals surface area contributed by atoms with Crippen molar-refractivity contribution in [1.82, 2.24) is 15.2 Å². The van der Waals surface area contributed by atoms with Gasteiger partial charge in [0, 0.05) is 50.5 Å². The van der Waals surface area contributed by atoms with Crippen LogP contribution in [-0.2, 0) is 4.74 Å². The van der Waals surface area contributed by atoms with Crippen LogP contribution in [0.5, 0.6) is 0 Å². The van der Waals surface area contributed by atoms with E-state index in [0.717, 1.165) is 17.8 Å². The normalized spacial score (nSPS) is 14.6. The Hall–Kier alpha value is -2.80. The molecule has 0 bridgehead atoms. The number of rotatable bonds is 7. The number of benzene rings is 1. The summed E-state index contributed by atoms with van der Waals surface area (Å²) in [6, 6.07) is 9.44. The Morgan fingerprint density at radius 1 is 1.23 bits per heavy atom. The monoisotopic (exact) mass is 413 g/mol. The minimum Gasteiger partial charge on any atom is -0.385 e. The largest absolute Gasteiger partial charge is 0.385 e. The molecule has 0 radical (unpaired) electrons. The van der Waals surface area contributed by atoms with Gasteiger partial charge in [-0.15, -0.1) is 0 Å². The first-order chi connectivity index (χ1) is 14.5. The SMILES string of the molecule is COCCCNC(=O)c1ccc(C)nc1C1CCN(C(=O)c2cccc(F)c2)CC1. The van der Waals surface area contributed by atoms with Gasteiger partial charge in [-0.1, -0.05) is 6.07 Å². The molecule has 1 aliphatic rings. The summed E-state index contributed by atoms with van der Waals surface area (Å²) in [6.45, 7) is 4.14. The molecule has 1 aliphatic heterocycles. The molecule has 3 rings (SSSR count). The number of ether oxygens (including phenoxy) is 1. The molecule has 7 heteroatoms. The van der Waals surface area contributed by atoms with E-state index in [9.17, 15) is 14.0 Å². The zero-order chi connectivity index (χ0) is 21.5. The van der Waals surface area contributed by atoms with E-state index in [2.05, 4.69) is 10.3 Å². The van der Waals surface area contributed by atoms with Crippen LogP contribution in [-0.4, -0.2) is 55.0 Å². The van der Waals surface area contributed by atoms with Crippen molar-refractivity contribution >= 4 is 11.8 Å². The van der Waals surface area contributed by atoms with Gasteiger partial charge in [0.05, 0.1) is 11.3 Å². The van der Waals surface area contributed by atoms with Gasteiger partial charge in [-0.05, 0) is 56.5 Å². The lowest BCUT2D eigenvalue weighted by Gasteiger charge is -2.32. The number of pyridine rings is 1. The van der Waals surface area contributed by atoms with Crippen LogP contribution < -0.4 is 5.32 Å². The average Bonchev–Trinajstić information content (AvgIpc) is 2.76. The fourth-order valence-corrected chi connectivity index (χ4v) is 3.75. The molecule has 1 N–H and O–H groups in total. The van der Waals surface area contributed by atoms with Gasteiger partial charge in [-0.2, -0.15) is 0 Å². The highest BCUT2D eigenvalue weighted by Gasteiger charge is 2.28. The fourth-order valence-electron chi connectivity index (χ4n) is 3.75. The topological polar surface area (TPSA) is 71.5 Å². The number of piperidine rings is 1. The third-order valence-electron chi connectivity index (χ3n) is 5.36. The van der Waals surface area contributed by atoms with Gasteiger partial charge in [0.1, 0.15) is 5.82 Å². The number of methoxy groups -OCH3 is 1. The number of aryl methyl sites for hydroxylation is 1. The predicted molar refractivity (Wildman–Crippen MR) is 112 cm³/mol. The van der Waals surface area contributed by atoms with Crippen LogP contribution in [0.4, 0.5) is 4.39 Å². The molecule has 30 heavy (non-hydrogen) atoms. The Morgan fingerprint density at radius 2 is 2.00 bits per heavy atom. The number of likely N-dealkylation sites (tertiary alicyclic amines) is 1. The zero-order valence-electron chi connectivity index (χ0n) is 17.5. The van der Waals surface area contributed by atoms with Gasteiger partial charge in [0.25, 0.3) is 11.8 Å². The first kappa shape index (κ1) is 21.9. The predicted octanol–water partition coefficient (Wildman–Crippen LogP) is 3.32. The van der Waals surface area contributed by atoms with Gasteiger partial charge in [-0.3, -0.25) is 14.6 Å². The number of halogens is 1. The van der Waals surface area contributed by atoms with Crippen LogP contribution in [0.1, 0.15) is 57.3 Å². The molecule has 0 unspecified atom stereocenters. The second-order valence-electron chi connectivity index (χ2n) is 7.56. The van der Waals surface area contributed by atoms with Crippen molar-refractivity contribution < 1.29 is 18.7 Å². The van der Waals surface area contributed by atoms with Crippen molar-refractivity contribution in [2.75, 3.05) is 33.4 Å². The molecule has 2 heterocycles. The highest BCUT2D eigenvalue weighted by molar-refractivity contribution is 5.95. The number of carbonyl (C=O) groups excluding carboxylic acids is 2. The van der Waals surface area contributed by atoms with Crippen molar-refractivity contribution in [3.63, 3.8) is 0 Å². The van der Waals surface area contributed by atoms with Gasteiger partial charge in [0.15, 0.2) is 0 Å². The van der Waals surface area contributed by atoms with Crippen LogP contribution in [0.25, 0.3) is 0 Å². The Labute approximate surface area is 176 Å². The van der Waals surface area contributed by atoms with E-state index >= 15 is 0 Å². The molecule has 6 nitrogen and oxygen atoms in total. The van der Waals surface area contributed by atoms with E-state index < -0.39 is 5.82 Å². The Morgan fingerprint density at radius 3 is 2.70 bits per heavy atom. The van der Waals surface area contributed by atoms with E-state index in [4.69, 9.17) is 4.74 Å². The number of carbonyl (C=O) groups is 2. The van der Waals surface area contributed by atoms with Crippen LogP contribution >= 0.6 is 0 Å². The Balaban J connectivity index is 1.67. The van der Waals surface area contributed by atoms with Crippen LogP contribution in [0, 0.1) is 12.7 Å². The van der Waals surface area contributed by atoms with Crippen LogP contribution in [0.15, 0.2) is 36.4 Å². The molecule has 1 saturated heterocycles. The number of nitrogens with one attached hydrogen (secondary N) is 1. The van der Waals surface area contributed by atoms with E-state index in [1.165, 1.54) is 12.1 Å². The molecule has 0 aliphatic carbocycles. The smallest absolute Gasteiger partial charge is 0.253 e. The summed E-state index contributed by atoms with van der Waals surface area (Å²) in [5.41, 5.74) is 2.60. The van der Waals surface area contributed by atoms with Gasteiger partial charge >= 0.3 is 0 Å². The van der Waals surface area contributed by atoms with E-state index in [1.54, 1.807) is 24.1 Å². The maximum atomic E-state index is 13.4. The summed E-state index contributed by atoms with van der Waals surface area (Å²) < 4.78 is 18.5. The highest BCUT2D eigenvalue weighted by atomic mass is 19.1. The minimum atomic E-state index is -0.416. The highest BCUT2D eigenvalue weighted by Crippen LogP contribution is 2.30. The molecule has 1 aromatic heterocycles. The fraction of sp³-hybridized carbons (Fsp3) is 0.435. The molecule has 1 fully saturated rings. The van der Waals surface area contributed by atoms with Gasteiger partial charge in [-0.25, -0.2) is 4.39 Å². The summed E-state index contributed by atoms with van der Waals surface area (Å²) in [6.07, 6.45) is 2.17. The Bertz CT molecular complexity index is 895. The minimum absolute atomic E-state index is 0.0983. The summed E-state index contributed by atoms with van der Waals surface area (Å²) in [5.74, 6) is -0.616. The number of aromatic nitrogens is 1. The second-order valence-corrected chi connectivity index (χ2v) is 7.56. The first-order valence-corrected chi connectivity index (χ1v) is 10.3. The Kier molecular flexibility index (Phi) is 7.52. The molecule has 2 amide bonds. The lowest BCUT2D eigenvalue weighted by atomic mass is 9.89. The summed E-state index contributed by atoms with van der Waals surface area (Å²) in [7, 11) is 1.63.